The third kappa shape index (κ3) is 8.19. The van der Waals surface area contributed by atoms with E-state index in [0.717, 1.165) is 0 Å². The van der Waals surface area contributed by atoms with Crippen LogP contribution in [0.1, 0.15) is 13.8 Å². The van der Waals surface area contributed by atoms with Crippen LogP contribution < -0.4 is 0 Å². The highest BCUT2D eigenvalue weighted by atomic mass is 28.4. The van der Waals surface area contributed by atoms with Gasteiger partial charge in [0.05, 0.1) is 13.3 Å². The summed E-state index contributed by atoms with van der Waals surface area (Å²) in [6.45, 7) is 22.8. The van der Waals surface area contributed by atoms with Crippen LogP contribution in [0, 0.1) is 0 Å². The molecule has 0 N–H and O–H groups in total. The molecule has 22 heavy (non-hydrogen) atoms. The Morgan fingerprint density at radius 2 is 1.32 bits per heavy atom. The summed E-state index contributed by atoms with van der Waals surface area (Å²) in [5.41, 5.74) is 0. The molecule has 0 spiro atoms. The fourth-order valence-corrected chi connectivity index (χ4v) is 2.76. The largest absolute Gasteiger partial charge is 0.547 e. The predicted molar refractivity (Wildman–Crippen MR) is 100 cm³/mol. The maximum absolute atomic E-state index is 12.6. The van der Waals surface area contributed by atoms with Gasteiger partial charge in [-0.2, -0.15) is 0 Å². The van der Waals surface area contributed by atoms with Crippen molar-refractivity contribution >= 4 is 30.7 Å². The molecule has 0 aliphatic heterocycles. The maximum atomic E-state index is 12.6. The standard InChI is InChI=1S/C15H34O4Si3/c1-15(2,20(3,4)5)18-14(16)13(19-22(9,10)11)12-17-21(6,7)8/h12H,1-11H3/b13-12+. The molecular weight excluding hydrogens is 328 g/mol. The Bertz CT molecular complexity index is 424. The minimum atomic E-state index is -1.92. The van der Waals surface area contributed by atoms with E-state index in [1.54, 1.807) is 0 Å². The molecule has 0 radical (unpaired) electrons. The van der Waals surface area contributed by atoms with Crippen LogP contribution in [0.15, 0.2) is 12.0 Å². The van der Waals surface area contributed by atoms with Crippen molar-refractivity contribution in [2.24, 2.45) is 0 Å². The smallest absolute Gasteiger partial charge is 0.375 e. The molecule has 0 aromatic carbocycles. The van der Waals surface area contributed by atoms with Crippen molar-refractivity contribution in [3.63, 3.8) is 0 Å². The van der Waals surface area contributed by atoms with Crippen LogP contribution in [0.3, 0.4) is 0 Å². The summed E-state index contributed by atoms with van der Waals surface area (Å²) in [6.07, 6.45) is 1.47. The summed E-state index contributed by atoms with van der Waals surface area (Å²) < 4.78 is 17.4. The number of hydrogen-bond donors (Lipinski definition) is 0. The van der Waals surface area contributed by atoms with Crippen molar-refractivity contribution in [1.82, 2.24) is 0 Å². The first-order chi connectivity index (χ1) is 9.45. The quantitative estimate of drug-likeness (QED) is 0.284. The van der Waals surface area contributed by atoms with Gasteiger partial charge >= 0.3 is 5.97 Å². The van der Waals surface area contributed by atoms with Crippen LogP contribution in [-0.2, 0) is 18.4 Å². The van der Waals surface area contributed by atoms with Gasteiger partial charge in [0.15, 0.2) is 0 Å². The van der Waals surface area contributed by atoms with Gasteiger partial charge in [0, 0.05) is 0 Å². The molecule has 0 rings (SSSR count). The van der Waals surface area contributed by atoms with Gasteiger partial charge in [0.2, 0.25) is 22.4 Å². The second-order valence-corrected chi connectivity index (χ2v) is 23.7. The van der Waals surface area contributed by atoms with Gasteiger partial charge in [-0.05, 0) is 53.1 Å². The highest BCUT2D eigenvalue weighted by Crippen LogP contribution is 2.26. The zero-order valence-corrected chi connectivity index (χ0v) is 19.2. The second kappa shape index (κ2) is 6.92. The van der Waals surface area contributed by atoms with E-state index in [-0.39, 0.29) is 5.76 Å². The number of hydrogen-bond acceptors (Lipinski definition) is 4. The average molecular weight is 363 g/mol. The van der Waals surface area contributed by atoms with E-state index >= 15 is 0 Å². The van der Waals surface area contributed by atoms with E-state index in [1.165, 1.54) is 6.26 Å². The number of ether oxygens (including phenoxy) is 1. The van der Waals surface area contributed by atoms with E-state index in [1.807, 2.05) is 33.5 Å². The first-order valence-corrected chi connectivity index (χ1v) is 18.1. The Labute approximate surface area is 139 Å². The van der Waals surface area contributed by atoms with E-state index in [9.17, 15) is 4.79 Å². The summed E-state index contributed by atoms with van der Waals surface area (Å²) in [4.78, 5) is 12.6. The molecule has 4 nitrogen and oxygen atoms in total. The van der Waals surface area contributed by atoms with Crippen LogP contribution in [0.4, 0.5) is 0 Å². The minimum absolute atomic E-state index is 0.202. The Morgan fingerprint density at radius 1 is 0.864 bits per heavy atom. The molecule has 0 aliphatic carbocycles. The zero-order chi connectivity index (χ0) is 18.0. The molecule has 0 atom stereocenters. The molecule has 0 amide bonds. The normalized spacial score (nSPS) is 14.6. The lowest BCUT2D eigenvalue weighted by Crippen LogP contribution is -2.51. The topological polar surface area (TPSA) is 44.8 Å². The zero-order valence-electron chi connectivity index (χ0n) is 16.2. The van der Waals surface area contributed by atoms with Crippen LogP contribution in [-0.4, -0.2) is 35.9 Å². The highest BCUT2D eigenvalue weighted by molar-refractivity contribution is 6.79. The molecule has 0 saturated carbocycles. The Kier molecular flexibility index (Phi) is 6.75. The van der Waals surface area contributed by atoms with Gasteiger partial charge < -0.3 is 13.6 Å². The summed E-state index contributed by atoms with van der Waals surface area (Å²) in [6, 6.07) is 0. The predicted octanol–water partition coefficient (Wildman–Crippen LogP) is 4.73. The fraction of sp³-hybridized carbons (Fsp3) is 0.800. The van der Waals surface area contributed by atoms with Crippen molar-refractivity contribution in [3.8, 4) is 0 Å². The first kappa shape index (κ1) is 21.5. The Balaban J connectivity index is 5.31. The van der Waals surface area contributed by atoms with Crippen molar-refractivity contribution < 1.29 is 18.4 Å². The average Bonchev–Trinajstić information content (AvgIpc) is 2.18. The lowest BCUT2D eigenvalue weighted by Gasteiger charge is -2.37. The van der Waals surface area contributed by atoms with E-state index < -0.39 is 35.9 Å². The molecule has 0 unspecified atom stereocenters. The van der Waals surface area contributed by atoms with Crippen LogP contribution in [0.5, 0.6) is 0 Å². The number of rotatable bonds is 7. The Hall–Kier alpha value is -0.539. The van der Waals surface area contributed by atoms with Crippen molar-refractivity contribution in [1.29, 1.82) is 0 Å². The first-order valence-electron chi connectivity index (χ1n) is 7.75. The van der Waals surface area contributed by atoms with E-state index in [2.05, 4.69) is 39.3 Å². The monoisotopic (exact) mass is 362 g/mol. The van der Waals surface area contributed by atoms with Gasteiger partial charge in [-0.1, -0.05) is 19.6 Å². The van der Waals surface area contributed by atoms with Gasteiger partial charge in [-0.3, -0.25) is 0 Å². The molecule has 0 aromatic heterocycles. The number of carbonyl (C=O) groups excluding carboxylic acids is 1. The fourth-order valence-electron chi connectivity index (χ4n) is 1.11. The molecule has 0 bridgehead atoms. The lowest BCUT2D eigenvalue weighted by molar-refractivity contribution is -0.149. The van der Waals surface area contributed by atoms with Crippen molar-refractivity contribution in [2.75, 3.05) is 0 Å². The summed E-state index contributed by atoms with van der Waals surface area (Å²) >= 11 is 0. The van der Waals surface area contributed by atoms with Gasteiger partial charge in [0.25, 0.3) is 0 Å². The molecule has 7 heteroatoms. The summed E-state index contributed by atoms with van der Waals surface area (Å²) in [5, 5.41) is -0.467. The van der Waals surface area contributed by atoms with Crippen LogP contribution in [0.25, 0.3) is 0 Å². The minimum Gasteiger partial charge on any atom is -0.547 e. The van der Waals surface area contributed by atoms with Gasteiger partial charge in [-0.15, -0.1) is 0 Å². The second-order valence-electron chi connectivity index (χ2n) is 9.08. The third-order valence-electron chi connectivity index (χ3n) is 3.29. The highest BCUT2D eigenvalue weighted by Gasteiger charge is 2.40. The molecule has 0 fully saturated rings. The summed E-state index contributed by atoms with van der Waals surface area (Å²) in [5.74, 6) is -0.221. The molecule has 0 aromatic rings. The molecule has 0 saturated heterocycles. The van der Waals surface area contributed by atoms with Gasteiger partial charge in [0.1, 0.15) is 6.26 Å². The number of carbonyl (C=O) groups is 1. The molecule has 0 aliphatic rings. The van der Waals surface area contributed by atoms with Crippen LogP contribution >= 0.6 is 0 Å². The van der Waals surface area contributed by atoms with Crippen LogP contribution in [0.2, 0.25) is 58.9 Å². The summed E-state index contributed by atoms with van der Waals surface area (Å²) in [7, 11) is -5.36. The number of esters is 1. The SMILES string of the molecule is CC(C)(OC(=O)/C(=C\O[Si](C)(C)C)O[Si](C)(C)C)[Si](C)(C)C. The maximum Gasteiger partial charge on any atom is 0.375 e. The molecule has 0 heterocycles. The third-order valence-corrected chi connectivity index (χ3v) is 8.66. The van der Waals surface area contributed by atoms with Gasteiger partial charge in [-0.25, -0.2) is 4.79 Å². The Morgan fingerprint density at radius 3 is 1.64 bits per heavy atom. The van der Waals surface area contributed by atoms with Crippen molar-refractivity contribution in [3.05, 3.63) is 12.0 Å². The van der Waals surface area contributed by atoms with E-state index in [4.69, 9.17) is 13.6 Å². The van der Waals surface area contributed by atoms with Crippen molar-refractivity contribution in [2.45, 2.75) is 78.0 Å². The molecule has 130 valence electrons. The lowest BCUT2D eigenvalue weighted by atomic mass is 10.4. The van der Waals surface area contributed by atoms with E-state index in [0.29, 0.717) is 0 Å². The molecular formula is C15H34O4Si3.